The van der Waals surface area contributed by atoms with Gasteiger partial charge in [-0.15, -0.1) is 0 Å². The van der Waals surface area contributed by atoms with Gasteiger partial charge in [0.05, 0.1) is 12.2 Å². The van der Waals surface area contributed by atoms with E-state index in [0.717, 1.165) is 12.3 Å². The fraction of sp³-hybridized carbons (Fsp3) is 1.00. The van der Waals surface area contributed by atoms with Gasteiger partial charge in [-0.3, -0.25) is 0 Å². The maximum absolute atomic E-state index is 9.62. The molecule has 4 unspecified atom stereocenters. The number of aliphatic hydroxyl groups excluding tert-OH is 1. The number of fused-ring (bicyclic) bond motifs is 2. The summed E-state index contributed by atoms with van der Waals surface area (Å²) < 4.78 is 6.02. The summed E-state index contributed by atoms with van der Waals surface area (Å²) >= 11 is 2.28. The van der Waals surface area contributed by atoms with Gasteiger partial charge >= 0.3 is 0 Å². The van der Waals surface area contributed by atoms with Crippen molar-refractivity contribution >= 4 is 22.6 Å². The Labute approximate surface area is 86.8 Å². The van der Waals surface area contributed by atoms with E-state index < -0.39 is 0 Å². The molecule has 12 heavy (non-hydrogen) atoms. The highest BCUT2D eigenvalue weighted by Crippen LogP contribution is 2.46. The minimum Gasteiger partial charge on any atom is -0.393 e. The average Bonchev–Trinajstić information content (AvgIpc) is 2.43. The van der Waals surface area contributed by atoms with E-state index in [0.29, 0.717) is 12.0 Å². The van der Waals surface area contributed by atoms with Gasteiger partial charge in [0, 0.05) is 5.92 Å². The van der Waals surface area contributed by atoms with Crippen LogP contribution in [0.15, 0.2) is 0 Å². The number of ether oxygens (including phenoxy) is 1. The molecule has 70 valence electrons. The standard InChI is InChI=1S/C9H15IO2/c1-5(10)12-9-4-6-2-7(9)8(11)3-6/h5-9,11H,2-4H2,1H3/t5?,6?,7-,8?,9?/m1/s1. The highest BCUT2D eigenvalue weighted by atomic mass is 127. The van der Waals surface area contributed by atoms with Gasteiger partial charge in [-0.2, -0.15) is 0 Å². The monoisotopic (exact) mass is 282 g/mol. The van der Waals surface area contributed by atoms with Crippen molar-refractivity contribution in [3.05, 3.63) is 0 Å². The van der Waals surface area contributed by atoms with Crippen LogP contribution in [0.1, 0.15) is 26.2 Å². The second-order valence-corrected chi connectivity index (χ2v) is 5.78. The molecular weight excluding hydrogens is 267 g/mol. The van der Waals surface area contributed by atoms with Crippen LogP contribution in [0.4, 0.5) is 0 Å². The number of rotatable bonds is 2. The third-order valence-electron chi connectivity index (χ3n) is 3.08. The number of hydrogen-bond donors (Lipinski definition) is 1. The largest absolute Gasteiger partial charge is 0.393 e. The molecule has 2 saturated carbocycles. The van der Waals surface area contributed by atoms with Gasteiger partial charge in [0.15, 0.2) is 0 Å². The second-order valence-electron chi connectivity index (χ2n) is 4.02. The SMILES string of the molecule is CC(I)OC1CC2CC(O)[C@H]1C2. The molecule has 1 N–H and O–H groups in total. The van der Waals surface area contributed by atoms with Crippen LogP contribution in [0, 0.1) is 11.8 Å². The van der Waals surface area contributed by atoms with Crippen molar-refractivity contribution < 1.29 is 9.84 Å². The Morgan fingerprint density at radius 3 is 2.67 bits per heavy atom. The zero-order valence-electron chi connectivity index (χ0n) is 7.24. The summed E-state index contributed by atoms with van der Waals surface area (Å²) in [5, 5.41) is 9.62. The molecule has 0 radical (unpaired) electrons. The van der Waals surface area contributed by atoms with Crippen molar-refractivity contribution in [1.29, 1.82) is 0 Å². The fourth-order valence-corrected chi connectivity index (χ4v) is 3.02. The molecule has 2 rings (SSSR count). The third-order valence-corrected chi connectivity index (χ3v) is 3.37. The van der Waals surface area contributed by atoms with Crippen LogP contribution < -0.4 is 0 Å². The minimum atomic E-state index is -0.0797. The predicted molar refractivity (Wildman–Crippen MR) is 55.2 cm³/mol. The molecule has 2 fully saturated rings. The fourth-order valence-electron chi connectivity index (χ4n) is 2.65. The van der Waals surface area contributed by atoms with Crippen molar-refractivity contribution in [3.63, 3.8) is 0 Å². The lowest BCUT2D eigenvalue weighted by molar-refractivity contribution is -0.0321. The molecule has 0 aromatic rings. The average molecular weight is 282 g/mol. The lowest BCUT2D eigenvalue weighted by Gasteiger charge is -2.27. The van der Waals surface area contributed by atoms with Gasteiger partial charge in [-0.1, -0.05) is 22.6 Å². The van der Waals surface area contributed by atoms with Crippen LogP contribution in [0.5, 0.6) is 0 Å². The summed E-state index contributed by atoms with van der Waals surface area (Å²) in [6, 6.07) is 0. The van der Waals surface area contributed by atoms with E-state index in [1.54, 1.807) is 0 Å². The Hall–Kier alpha value is 0.650. The molecule has 0 aliphatic heterocycles. The van der Waals surface area contributed by atoms with Crippen LogP contribution in [0.3, 0.4) is 0 Å². The van der Waals surface area contributed by atoms with Crippen molar-refractivity contribution in [2.45, 2.75) is 42.5 Å². The first-order valence-electron chi connectivity index (χ1n) is 4.64. The van der Waals surface area contributed by atoms with Crippen molar-refractivity contribution in [2.24, 2.45) is 11.8 Å². The molecule has 2 aliphatic carbocycles. The van der Waals surface area contributed by atoms with E-state index in [4.69, 9.17) is 4.74 Å². The van der Waals surface area contributed by atoms with Crippen LogP contribution >= 0.6 is 22.6 Å². The summed E-state index contributed by atoms with van der Waals surface area (Å²) in [6.07, 6.45) is 3.64. The quantitative estimate of drug-likeness (QED) is 0.619. The molecule has 5 atom stereocenters. The highest BCUT2D eigenvalue weighted by Gasteiger charge is 2.46. The number of halogens is 1. The smallest absolute Gasteiger partial charge is 0.106 e. The number of aliphatic hydroxyl groups is 1. The molecule has 0 aromatic carbocycles. The van der Waals surface area contributed by atoms with Gasteiger partial charge < -0.3 is 9.84 Å². The summed E-state index contributed by atoms with van der Waals surface area (Å²) in [5.74, 6) is 1.18. The van der Waals surface area contributed by atoms with Gasteiger partial charge in [0.25, 0.3) is 0 Å². The first-order valence-corrected chi connectivity index (χ1v) is 5.89. The molecule has 0 aromatic heterocycles. The number of hydrogen-bond acceptors (Lipinski definition) is 2. The molecule has 2 nitrogen and oxygen atoms in total. The van der Waals surface area contributed by atoms with E-state index >= 15 is 0 Å². The molecule has 2 aliphatic rings. The zero-order chi connectivity index (χ0) is 8.72. The molecule has 2 bridgehead atoms. The topological polar surface area (TPSA) is 29.5 Å². The van der Waals surface area contributed by atoms with E-state index in [9.17, 15) is 5.11 Å². The first-order chi connectivity index (χ1) is 5.66. The maximum atomic E-state index is 9.62. The Bertz CT molecular complexity index is 172. The molecule has 0 saturated heterocycles. The lowest BCUT2D eigenvalue weighted by atomic mass is 9.95. The Morgan fingerprint density at radius 2 is 2.17 bits per heavy atom. The van der Waals surface area contributed by atoms with Crippen molar-refractivity contribution in [2.75, 3.05) is 0 Å². The maximum Gasteiger partial charge on any atom is 0.106 e. The zero-order valence-corrected chi connectivity index (χ0v) is 9.40. The van der Waals surface area contributed by atoms with Gasteiger partial charge in [-0.25, -0.2) is 0 Å². The Kier molecular flexibility index (Phi) is 2.63. The second kappa shape index (κ2) is 3.42. The van der Waals surface area contributed by atoms with Crippen molar-refractivity contribution in [1.82, 2.24) is 0 Å². The highest BCUT2D eigenvalue weighted by molar-refractivity contribution is 14.1. The summed E-state index contributed by atoms with van der Waals surface area (Å²) in [6.45, 7) is 2.05. The summed E-state index contributed by atoms with van der Waals surface area (Å²) in [4.78, 5) is 0. The molecule has 0 amide bonds. The molecule has 0 spiro atoms. The first kappa shape index (κ1) is 9.21. The van der Waals surface area contributed by atoms with E-state index in [1.807, 2.05) is 0 Å². The minimum absolute atomic E-state index is 0.0797. The van der Waals surface area contributed by atoms with Gasteiger partial charge in [-0.05, 0) is 32.1 Å². The summed E-state index contributed by atoms with van der Waals surface area (Å²) in [5.41, 5.74) is 0. The van der Waals surface area contributed by atoms with Crippen LogP contribution in [-0.2, 0) is 4.74 Å². The van der Waals surface area contributed by atoms with Gasteiger partial charge in [0.1, 0.15) is 4.11 Å². The Morgan fingerprint density at radius 1 is 1.42 bits per heavy atom. The van der Waals surface area contributed by atoms with Crippen molar-refractivity contribution in [3.8, 4) is 0 Å². The lowest BCUT2D eigenvalue weighted by Crippen LogP contribution is -2.31. The normalized spacial score (nSPS) is 48.2. The van der Waals surface area contributed by atoms with E-state index in [1.165, 1.54) is 12.8 Å². The number of alkyl halides is 1. The molecule has 0 heterocycles. The van der Waals surface area contributed by atoms with Crippen LogP contribution in [0.2, 0.25) is 0 Å². The van der Waals surface area contributed by atoms with E-state index in [-0.39, 0.29) is 10.2 Å². The predicted octanol–water partition coefficient (Wildman–Crippen LogP) is 1.94. The van der Waals surface area contributed by atoms with Crippen LogP contribution in [0.25, 0.3) is 0 Å². The Balaban J connectivity index is 1.93. The third kappa shape index (κ3) is 1.63. The molecule has 3 heteroatoms. The molecular formula is C9H15IO2. The van der Waals surface area contributed by atoms with Crippen LogP contribution in [-0.4, -0.2) is 21.4 Å². The van der Waals surface area contributed by atoms with E-state index in [2.05, 4.69) is 29.5 Å². The summed E-state index contributed by atoms with van der Waals surface area (Å²) in [7, 11) is 0. The van der Waals surface area contributed by atoms with Gasteiger partial charge in [0.2, 0.25) is 0 Å².